The van der Waals surface area contributed by atoms with Crippen molar-refractivity contribution >= 4 is 17.5 Å². The molecule has 0 radical (unpaired) electrons. The molecular formula is C12H22ClNO. The van der Waals surface area contributed by atoms with E-state index in [1.165, 1.54) is 12.8 Å². The lowest BCUT2D eigenvalue weighted by atomic mass is 10.0. The summed E-state index contributed by atoms with van der Waals surface area (Å²) in [5.74, 6) is 1.07. The van der Waals surface area contributed by atoms with E-state index in [4.69, 9.17) is 11.6 Å². The monoisotopic (exact) mass is 231 g/mol. The van der Waals surface area contributed by atoms with Gasteiger partial charge in [-0.25, -0.2) is 0 Å². The second-order valence-corrected chi connectivity index (χ2v) is 5.22. The molecule has 1 fully saturated rings. The second kappa shape index (κ2) is 5.74. The molecule has 1 aliphatic rings. The molecule has 1 aliphatic carbocycles. The van der Waals surface area contributed by atoms with Crippen LogP contribution in [-0.2, 0) is 4.79 Å². The van der Waals surface area contributed by atoms with Crippen molar-refractivity contribution in [2.75, 3.05) is 12.4 Å². The fourth-order valence-corrected chi connectivity index (χ4v) is 2.31. The predicted molar refractivity (Wildman–Crippen MR) is 64.1 cm³/mol. The molecule has 0 aromatic heterocycles. The maximum absolute atomic E-state index is 11.7. The van der Waals surface area contributed by atoms with Crippen LogP contribution in [0.1, 0.15) is 46.0 Å². The van der Waals surface area contributed by atoms with Gasteiger partial charge in [-0.3, -0.25) is 4.79 Å². The van der Waals surface area contributed by atoms with Crippen molar-refractivity contribution in [3.63, 3.8) is 0 Å². The molecular weight excluding hydrogens is 210 g/mol. The molecule has 3 heteroatoms. The molecule has 1 atom stereocenters. The van der Waals surface area contributed by atoms with Crippen molar-refractivity contribution in [2.24, 2.45) is 11.3 Å². The number of amides is 1. The zero-order valence-electron chi connectivity index (χ0n) is 9.81. The second-order valence-electron chi connectivity index (χ2n) is 4.85. The molecule has 1 amide bonds. The number of hydrogen-bond donors (Lipinski definition) is 1. The molecule has 15 heavy (non-hydrogen) atoms. The Kier molecular flexibility index (Phi) is 4.91. The summed E-state index contributed by atoms with van der Waals surface area (Å²) in [4.78, 5) is 11.7. The first kappa shape index (κ1) is 12.8. The summed E-state index contributed by atoms with van der Waals surface area (Å²) in [5.41, 5.74) is 0.351. The highest BCUT2D eigenvalue weighted by atomic mass is 35.5. The van der Waals surface area contributed by atoms with Crippen molar-refractivity contribution < 1.29 is 4.79 Å². The largest absolute Gasteiger partial charge is 0.355 e. The zero-order valence-corrected chi connectivity index (χ0v) is 10.6. The van der Waals surface area contributed by atoms with Crippen molar-refractivity contribution in [2.45, 2.75) is 46.0 Å². The van der Waals surface area contributed by atoms with Crippen molar-refractivity contribution in [1.82, 2.24) is 5.32 Å². The average Bonchev–Trinajstić information content (AvgIpc) is 2.96. The molecule has 0 aromatic rings. The number of hydrogen-bond acceptors (Lipinski definition) is 1. The van der Waals surface area contributed by atoms with Crippen LogP contribution < -0.4 is 5.32 Å². The molecule has 0 spiro atoms. The highest BCUT2D eigenvalue weighted by Gasteiger charge is 2.41. The van der Waals surface area contributed by atoms with Gasteiger partial charge in [0.2, 0.25) is 5.91 Å². The Balaban J connectivity index is 2.22. The number of carbonyl (C=O) groups is 1. The maximum atomic E-state index is 11.7. The quantitative estimate of drug-likeness (QED) is 0.671. The van der Waals surface area contributed by atoms with Crippen LogP contribution in [0.25, 0.3) is 0 Å². The third-order valence-electron chi connectivity index (χ3n) is 3.39. The van der Waals surface area contributed by atoms with E-state index >= 15 is 0 Å². The summed E-state index contributed by atoms with van der Waals surface area (Å²) in [6, 6.07) is 0. The Labute approximate surface area is 97.8 Å². The maximum Gasteiger partial charge on any atom is 0.222 e. The van der Waals surface area contributed by atoms with Crippen LogP contribution in [-0.4, -0.2) is 18.3 Å². The highest BCUT2D eigenvalue weighted by molar-refractivity contribution is 6.17. The Hall–Kier alpha value is -0.240. The molecule has 0 saturated heterocycles. The molecule has 1 saturated carbocycles. The number of rotatable bonds is 7. The van der Waals surface area contributed by atoms with Crippen molar-refractivity contribution in [3.05, 3.63) is 0 Å². The predicted octanol–water partition coefficient (Wildman–Crippen LogP) is 2.95. The van der Waals surface area contributed by atoms with Crippen LogP contribution in [0, 0.1) is 11.3 Å². The summed E-state index contributed by atoms with van der Waals surface area (Å²) < 4.78 is 0. The van der Waals surface area contributed by atoms with Gasteiger partial charge in [0, 0.05) is 18.3 Å². The van der Waals surface area contributed by atoms with Gasteiger partial charge in [0.1, 0.15) is 0 Å². The number of halogens is 1. The molecule has 0 aromatic carbocycles. The standard InChI is InChI=1S/C12H22ClNO/c1-3-4-10(2)11(15)14-9-12(5-6-12)7-8-13/h10H,3-9H2,1-2H3,(H,14,15). The van der Waals surface area contributed by atoms with E-state index in [0.717, 1.165) is 25.8 Å². The van der Waals surface area contributed by atoms with Gasteiger partial charge in [-0.1, -0.05) is 20.3 Å². The Morgan fingerprint density at radius 3 is 2.67 bits per heavy atom. The van der Waals surface area contributed by atoms with Gasteiger partial charge >= 0.3 is 0 Å². The number of carbonyl (C=O) groups excluding carboxylic acids is 1. The van der Waals surface area contributed by atoms with E-state index < -0.39 is 0 Å². The Morgan fingerprint density at radius 2 is 2.20 bits per heavy atom. The van der Waals surface area contributed by atoms with Crippen LogP contribution in [0.4, 0.5) is 0 Å². The zero-order chi connectivity index (χ0) is 11.3. The summed E-state index contributed by atoms with van der Waals surface area (Å²) >= 11 is 5.74. The SMILES string of the molecule is CCCC(C)C(=O)NCC1(CCCl)CC1. The first-order chi connectivity index (χ1) is 7.13. The molecule has 0 bridgehead atoms. The molecule has 1 unspecified atom stereocenters. The molecule has 0 aliphatic heterocycles. The lowest BCUT2D eigenvalue weighted by Gasteiger charge is -2.16. The molecule has 1 rings (SSSR count). The highest BCUT2D eigenvalue weighted by Crippen LogP contribution is 2.48. The molecule has 88 valence electrons. The van der Waals surface area contributed by atoms with E-state index in [0.29, 0.717) is 11.3 Å². The normalized spacial score (nSPS) is 19.7. The van der Waals surface area contributed by atoms with E-state index in [-0.39, 0.29) is 11.8 Å². The summed E-state index contributed by atoms with van der Waals surface area (Å²) in [6.45, 7) is 4.94. The number of alkyl halides is 1. The number of nitrogens with one attached hydrogen (secondary N) is 1. The van der Waals surface area contributed by atoms with Gasteiger partial charge in [-0.15, -0.1) is 11.6 Å². The lowest BCUT2D eigenvalue weighted by Crippen LogP contribution is -2.34. The molecule has 0 heterocycles. The summed E-state index contributed by atoms with van der Waals surface area (Å²) in [5, 5.41) is 3.06. The van der Waals surface area contributed by atoms with Gasteiger partial charge < -0.3 is 5.32 Å². The van der Waals surface area contributed by atoms with Crippen LogP contribution in [0.3, 0.4) is 0 Å². The Morgan fingerprint density at radius 1 is 1.53 bits per heavy atom. The third-order valence-corrected chi connectivity index (χ3v) is 3.58. The van der Waals surface area contributed by atoms with E-state index in [1.54, 1.807) is 0 Å². The van der Waals surface area contributed by atoms with Gasteiger partial charge in [0.15, 0.2) is 0 Å². The van der Waals surface area contributed by atoms with Gasteiger partial charge in [-0.2, -0.15) is 0 Å². The smallest absolute Gasteiger partial charge is 0.222 e. The van der Waals surface area contributed by atoms with Gasteiger partial charge in [0.05, 0.1) is 0 Å². The van der Waals surface area contributed by atoms with Crippen LogP contribution in [0.15, 0.2) is 0 Å². The van der Waals surface area contributed by atoms with E-state index in [1.807, 2.05) is 6.92 Å². The molecule has 1 N–H and O–H groups in total. The van der Waals surface area contributed by atoms with E-state index in [2.05, 4.69) is 12.2 Å². The van der Waals surface area contributed by atoms with Crippen molar-refractivity contribution in [1.29, 1.82) is 0 Å². The first-order valence-electron chi connectivity index (χ1n) is 5.97. The minimum atomic E-state index is 0.154. The Bertz CT molecular complexity index is 214. The first-order valence-corrected chi connectivity index (χ1v) is 6.51. The van der Waals surface area contributed by atoms with Crippen LogP contribution >= 0.6 is 11.6 Å². The van der Waals surface area contributed by atoms with Gasteiger partial charge in [0.25, 0.3) is 0 Å². The summed E-state index contributed by atoms with van der Waals surface area (Å²) in [7, 11) is 0. The minimum absolute atomic E-state index is 0.154. The lowest BCUT2D eigenvalue weighted by molar-refractivity contribution is -0.124. The fraction of sp³-hybridized carbons (Fsp3) is 0.917. The summed E-state index contributed by atoms with van der Waals surface area (Å²) in [6.07, 6.45) is 5.54. The topological polar surface area (TPSA) is 29.1 Å². The molecule has 2 nitrogen and oxygen atoms in total. The van der Waals surface area contributed by atoms with Crippen LogP contribution in [0.2, 0.25) is 0 Å². The fourth-order valence-electron chi connectivity index (χ4n) is 1.91. The average molecular weight is 232 g/mol. The minimum Gasteiger partial charge on any atom is -0.355 e. The van der Waals surface area contributed by atoms with Crippen molar-refractivity contribution in [3.8, 4) is 0 Å². The van der Waals surface area contributed by atoms with E-state index in [9.17, 15) is 4.79 Å². The van der Waals surface area contributed by atoms with Crippen LogP contribution in [0.5, 0.6) is 0 Å². The third kappa shape index (κ3) is 4.02. The van der Waals surface area contributed by atoms with Gasteiger partial charge in [-0.05, 0) is 31.1 Å².